The van der Waals surface area contributed by atoms with Gasteiger partial charge in [0, 0.05) is 12.1 Å². The van der Waals surface area contributed by atoms with E-state index >= 15 is 0 Å². The Morgan fingerprint density at radius 1 is 0.947 bits per heavy atom. The lowest BCUT2D eigenvalue weighted by Gasteiger charge is -2.40. The van der Waals surface area contributed by atoms with Gasteiger partial charge in [0.25, 0.3) is 0 Å². The second-order valence-electron chi connectivity index (χ2n) is 6.54. The summed E-state index contributed by atoms with van der Waals surface area (Å²) in [4.78, 5) is 0. The number of hydrogen-bond donors (Lipinski definition) is 1. The van der Waals surface area contributed by atoms with Crippen LogP contribution in [0, 0.1) is 11.7 Å². The van der Waals surface area contributed by atoms with E-state index < -0.39 is 0 Å². The maximum Gasteiger partial charge on any atom is 0.123 e. The maximum absolute atomic E-state index is 12.9. The lowest BCUT2D eigenvalue weighted by molar-refractivity contribution is 0.221. The van der Waals surface area contributed by atoms with Gasteiger partial charge >= 0.3 is 0 Å². The molecule has 19 heavy (non-hydrogen) atoms. The first-order valence-corrected chi connectivity index (χ1v) is 7.72. The third kappa shape index (κ3) is 3.17. The number of rotatable bonds is 3. The van der Waals surface area contributed by atoms with Gasteiger partial charge in [-0.05, 0) is 68.1 Å². The highest BCUT2D eigenvalue weighted by molar-refractivity contribution is 5.23. The zero-order valence-electron chi connectivity index (χ0n) is 11.7. The minimum absolute atomic E-state index is 0.130. The molecular formula is C17H24FN. The van der Waals surface area contributed by atoms with E-state index in [2.05, 4.69) is 12.2 Å². The summed E-state index contributed by atoms with van der Waals surface area (Å²) in [5.74, 6) is 1.43. The first-order valence-electron chi connectivity index (χ1n) is 7.72. The second-order valence-corrected chi connectivity index (χ2v) is 6.54. The van der Waals surface area contributed by atoms with Crippen molar-refractivity contribution in [1.82, 2.24) is 5.32 Å². The standard InChI is InChI=1S/C17H24FN/c1-12-2-8-16(9-3-12)19-17-10-14(11-17)13-4-6-15(18)7-5-13/h4-7,12,14,16-17,19H,2-3,8-11H2,1H3. The highest BCUT2D eigenvalue weighted by Crippen LogP contribution is 2.38. The van der Waals surface area contributed by atoms with E-state index in [0.717, 1.165) is 12.0 Å². The SMILES string of the molecule is CC1CCC(NC2CC(c3ccc(F)cc3)C2)CC1. The fourth-order valence-electron chi connectivity index (χ4n) is 3.52. The summed E-state index contributed by atoms with van der Waals surface area (Å²) in [5.41, 5.74) is 1.30. The maximum atomic E-state index is 12.9. The first-order chi connectivity index (χ1) is 9.20. The van der Waals surface area contributed by atoms with Crippen LogP contribution in [0.2, 0.25) is 0 Å². The summed E-state index contributed by atoms with van der Waals surface area (Å²) in [5, 5.41) is 3.81. The molecular weight excluding hydrogens is 237 g/mol. The van der Waals surface area contributed by atoms with Crippen molar-refractivity contribution in [2.75, 3.05) is 0 Å². The molecule has 0 atom stereocenters. The van der Waals surface area contributed by atoms with Gasteiger partial charge in [0.1, 0.15) is 5.82 Å². The third-order valence-corrected chi connectivity index (χ3v) is 4.97. The highest BCUT2D eigenvalue weighted by Gasteiger charge is 2.32. The van der Waals surface area contributed by atoms with Crippen LogP contribution in [-0.2, 0) is 0 Å². The van der Waals surface area contributed by atoms with Crippen LogP contribution in [0.3, 0.4) is 0 Å². The fourth-order valence-corrected chi connectivity index (χ4v) is 3.52. The molecule has 1 aromatic rings. The first kappa shape index (κ1) is 13.1. The number of nitrogens with one attached hydrogen (secondary N) is 1. The van der Waals surface area contributed by atoms with Crippen molar-refractivity contribution < 1.29 is 4.39 Å². The Balaban J connectivity index is 1.44. The van der Waals surface area contributed by atoms with Gasteiger partial charge in [0.2, 0.25) is 0 Å². The van der Waals surface area contributed by atoms with E-state index in [1.165, 1.54) is 44.1 Å². The number of halogens is 1. The monoisotopic (exact) mass is 261 g/mol. The van der Waals surface area contributed by atoms with Gasteiger partial charge in [-0.15, -0.1) is 0 Å². The van der Waals surface area contributed by atoms with Crippen LogP contribution in [0.4, 0.5) is 4.39 Å². The summed E-state index contributed by atoms with van der Waals surface area (Å²) >= 11 is 0. The van der Waals surface area contributed by atoms with E-state index in [1.807, 2.05) is 12.1 Å². The zero-order valence-corrected chi connectivity index (χ0v) is 11.7. The van der Waals surface area contributed by atoms with Gasteiger partial charge < -0.3 is 5.32 Å². The van der Waals surface area contributed by atoms with Crippen LogP contribution in [0.1, 0.15) is 56.9 Å². The van der Waals surface area contributed by atoms with Gasteiger partial charge in [-0.3, -0.25) is 0 Å². The molecule has 0 unspecified atom stereocenters. The summed E-state index contributed by atoms with van der Waals surface area (Å²) in [6, 6.07) is 8.48. The Morgan fingerprint density at radius 2 is 1.58 bits per heavy atom. The van der Waals surface area contributed by atoms with Gasteiger partial charge in [0.05, 0.1) is 0 Å². The third-order valence-electron chi connectivity index (χ3n) is 4.97. The quantitative estimate of drug-likeness (QED) is 0.858. The topological polar surface area (TPSA) is 12.0 Å². The Hall–Kier alpha value is -0.890. The Bertz CT molecular complexity index is 400. The van der Waals surface area contributed by atoms with Crippen LogP contribution in [0.5, 0.6) is 0 Å². The fraction of sp³-hybridized carbons (Fsp3) is 0.647. The van der Waals surface area contributed by atoms with Crippen LogP contribution >= 0.6 is 0 Å². The predicted molar refractivity (Wildman–Crippen MR) is 76.7 cm³/mol. The summed E-state index contributed by atoms with van der Waals surface area (Å²) in [6.45, 7) is 2.37. The minimum atomic E-state index is -0.130. The molecule has 0 bridgehead atoms. The molecule has 1 aromatic carbocycles. The van der Waals surface area contributed by atoms with Crippen molar-refractivity contribution in [2.45, 2.75) is 63.5 Å². The summed E-state index contributed by atoms with van der Waals surface area (Å²) in [6.07, 6.45) is 7.89. The molecule has 0 saturated heterocycles. The lowest BCUT2D eigenvalue weighted by atomic mass is 9.75. The van der Waals surface area contributed by atoms with Crippen molar-refractivity contribution >= 4 is 0 Å². The summed E-state index contributed by atoms with van der Waals surface area (Å²) < 4.78 is 12.9. The van der Waals surface area contributed by atoms with Crippen molar-refractivity contribution in [3.8, 4) is 0 Å². The van der Waals surface area contributed by atoms with Crippen LogP contribution in [-0.4, -0.2) is 12.1 Å². The van der Waals surface area contributed by atoms with E-state index in [0.29, 0.717) is 12.0 Å². The molecule has 0 spiro atoms. The molecule has 3 rings (SSSR count). The van der Waals surface area contributed by atoms with Gasteiger partial charge in [-0.2, -0.15) is 0 Å². The average molecular weight is 261 g/mol. The molecule has 2 fully saturated rings. The van der Waals surface area contributed by atoms with Crippen LogP contribution in [0.15, 0.2) is 24.3 Å². The molecule has 2 heteroatoms. The Labute approximate surface area is 115 Å². The molecule has 0 aliphatic heterocycles. The van der Waals surface area contributed by atoms with Crippen molar-refractivity contribution in [3.05, 3.63) is 35.6 Å². The van der Waals surface area contributed by atoms with E-state index in [-0.39, 0.29) is 5.82 Å². The lowest BCUT2D eigenvalue weighted by Crippen LogP contribution is -2.46. The van der Waals surface area contributed by atoms with Gasteiger partial charge in [0.15, 0.2) is 0 Å². The molecule has 2 aliphatic rings. The Kier molecular flexibility index (Phi) is 3.88. The smallest absolute Gasteiger partial charge is 0.123 e. The van der Waals surface area contributed by atoms with E-state index in [1.54, 1.807) is 12.1 Å². The normalized spacial score (nSPS) is 34.8. The molecule has 0 heterocycles. The second kappa shape index (κ2) is 5.62. The molecule has 1 nitrogen and oxygen atoms in total. The molecule has 1 N–H and O–H groups in total. The van der Waals surface area contributed by atoms with Crippen molar-refractivity contribution in [3.63, 3.8) is 0 Å². The van der Waals surface area contributed by atoms with E-state index in [9.17, 15) is 4.39 Å². The van der Waals surface area contributed by atoms with Crippen molar-refractivity contribution in [2.24, 2.45) is 5.92 Å². The molecule has 2 saturated carbocycles. The van der Waals surface area contributed by atoms with Crippen LogP contribution in [0.25, 0.3) is 0 Å². The molecule has 0 radical (unpaired) electrons. The zero-order chi connectivity index (χ0) is 13.2. The van der Waals surface area contributed by atoms with E-state index in [4.69, 9.17) is 0 Å². The molecule has 0 aromatic heterocycles. The number of hydrogen-bond acceptors (Lipinski definition) is 1. The number of benzene rings is 1. The van der Waals surface area contributed by atoms with Gasteiger partial charge in [-0.1, -0.05) is 19.1 Å². The molecule has 2 aliphatic carbocycles. The Morgan fingerprint density at radius 3 is 2.21 bits per heavy atom. The average Bonchev–Trinajstić information content (AvgIpc) is 2.37. The highest BCUT2D eigenvalue weighted by atomic mass is 19.1. The van der Waals surface area contributed by atoms with Crippen LogP contribution < -0.4 is 5.32 Å². The molecule has 104 valence electrons. The minimum Gasteiger partial charge on any atom is -0.311 e. The summed E-state index contributed by atoms with van der Waals surface area (Å²) in [7, 11) is 0. The molecule has 0 amide bonds. The van der Waals surface area contributed by atoms with Gasteiger partial charge in [-0.25, -0.2) is 4.39 Å². The largest absolute Gasteiger partial charge is 0.311 e. The predicted octanol–water partition coefficient (Wildman–Crippen LogP) is 4.24. The van der Waals surface area contributed by atoms with Crippen molar-refractivity contribution in [1.29, 1.82) is 0 Å².